The fourth-order valence-electron chi connectivity index (χ4n) is 1.54. The molecular weight excluding hydrogens is 238 g/mol. The van der Waals surface area contributed by atoms with Crippen molar-refractivity contribution in [3.8, 4) is 0 Å². The third-order valence-electron chi connectivity index (χ3n) is 2.52. The van der Waals surface area contributed by atoms with E-state index in [-0.39, 0.29) is 5.69 Å². The summed E-state index contributed by atoms with van der Waals surface area (Å²) in [6.45, 7) is 0. The fraction of sp³-hybridized carbons (Fsp3) is 0.167. The standard InChI is InChI=1S/C12H12F2N4/c1-15-11-6-12(17-7-16-11)18(2)10-4-3-8(13)5-9(10)14/h3-7H,1-2H3,(H,15,16,17). The van der Waals surface area contributed by atoms with Gasteiger partial charge in [0, 0.05) is 26.2 Å². The van der Waals surface area contributed by atoms with E-state index in [1.807, 2.05) is 0 Å². The summed E-state index contributed by atoms with van der Waals surface area (Å²) in [5.41, 5.74) is 0.247. The molecule has 0 spiro atoms. The second-order valence-electron chi connectivity index (χ2n) is 3.67. The Balaban J connectivity index is 2.37. The number of halogens is 2. The molecule has 2 aromatic rings. The number of aromatic nitrogens is 2. The molecule has 0 atom stereocenters. The largest absolute Gasteiger partial charge is 0.373 e. The Kier molecular flexibility index (Phi) is 3.36. The Morgan fingerprint density at radius 2 is 1.94 bits per heavy atom. The lowest BCUT2D eigenvalue weighted by molar-refractivity contribution is 0.583. The van der Waals surface area contributed by atoms with Crippen LogP contribution in [0.25, 0.3) is 0 Å². The van der Waals surface area contributed by atoms with E-state index in [9.17, 15) is 8.78 Å². The van der Waals surface area contributed by atoms with Crippen molar-refractivity contribution in [1.82, 2.24) is 9.97 Å². The van der Waals surface area contributed by atoms with Gasteiger partial charge < -0.3 is 10.2 Å². The van der Waals surface area contributed by atoms with Crippen molar-refractivity contribution < 1.29 is 8.78 Å². The molecule has 94 valence electrons. The highest BCUT2D eigenvalue weighted by Gasteiger charge is 2.11. The quantitative estimate of drug-likeness (QED) is 0.909. The van der Waals surface area contributed by atoms with Crippen LogP contribution < -0.4 is 10.2 Å². The molecule has 0 aliphatic rings. The summed E-state index contributed by atoms with van der Waals surface area (Å²) >= 11 is 0. The van der Waals surface area contributed by atoms with E-state index in [4.69, 9.17) is 0 Å². The molecule has 6 heteroatoms. The molecule has 1 heterocycles. The van der Waals surface area contributed by atoms with Crippen molar-refractivity contribution in [1.29, 1.82) is 0 Å². The van der Waals surface area contributed by atoms with Gasteiger partial charge in [-0.1, -0.05) is 0 Å². The molecule has 1 aromatic carbocycles. The summed E-state index contributed by atoms with van der Waals surface area (Å²) in [5, 5.41) is 2.87. The van der Waals surface area contributed by atoms with Gasteiger partial charge in [-0.3, -0.25) is 0 Å². The number of hydrogen-bond acceptors (Lipinski definition) is 4. The average molecular weight is 250 g/mol. The predicted octanol–water partition coefficient (Wildman–Crippen LogP) is 2.56. The molecule has 1 N–H and O–H groups in total. The molecule has 0 amide bonds. The van der Waals surface area contributed by atoms with Gasteiger partial charge in [0.2, 0.25) is 0 Å². The van der Waals surface area contributed by atoms with Gasteiger partial charge in [0.05, 0.1) is 5.69 Å². The van der Waals surface area contributed by atoms with Crippen molar-refractivity contribution >= 4 is 17.3 Å². The zero-order valence-electron chi connectivity index (χ0n) is 9.98. The van der Waals surface area contributed by atoms with Gasteiger partial charge in [-0.05, 0) is 12.1 Å². The number of nitrogens with zero attached hydrogens (tertiary/aromatic N) is 3. The van der Waals surface area contributed by atoms with Crippen LogP contribution in [0.1, 0.15) is 0 Å². The lowest BCUT2D eigenvalue weighted by atomic mass is 10.2. The number of nitrogens with one attached hydrogen (secondary N) is 1. The number of benzene rings is 1. The molecule has 1 aromatic heterocycles. The molecule has 2 rings (SSSR count). The van der Waals surface area contributed by atoms with E-state index < -0.39 is 11.6 Å². The van der Waals surface area contributed by atoms with Crippen LogP contribution >= 0.6 is 0 Å². The van der Waals surface area contributed by atoms with E-state index in [1.54, 1.807) is 20.2 Å². The first-order chi connectivity index (χ1) is 8.61. The van der Waals surface area contributed by atoms with Crippen LogP contribution in [-0.2, 0) is 0 Å². The van der Waals surface area contributed by atoms with Gasteiger partial charge in [0.25, 0.3) is 0 Å². The lowest BCUT2D eigenvalue weighted by Gasteiger charge is -2.19. The second-order valence-corrected chi connectivity index (χ2v) is 3.67. The highest BCUT2D eigenvalue weighted by Crippen LogP contribution is 2.25. The Labute approximate surface area is 103 Å². The fourth-order valence-corrected chi connectivity index (χ4v) is 1.54. The average Bonchev–Trinajstić information content (AvgIpc) is 2.38. The van der Waals surface area contributed by atoms with Crippen LogP contribution in [0.2, 0.25) is 0 Å². The van der Waals surface area contributed by atoms with E-state index in [0.717, 1.165) is 6.07 Å². The van der Waals surface area contributed by atoms with Gasteiger partial charge in [-0.2, -0.15) is 0 Å². The predicted molar refractivity (Wildman–Crippen MR) is 66.0 cm³/mol. The Bertz CT molecular complexity index is 560. The zero-order valence-corrected chi connectivity index (χ0v) is 9.98. The SMILES string of the molecule is CNc1cc(N(C)c2ccc(F)cc2F)ncn1. The van der Waals surface area contributed by atoms with Gasteiger partial charge in [-0.25, -0.2) is 18.7 Å². The smallest absolute Gasteiger partial charge is 0.149 e. The van der Waals surface area contributed by atoms with Crippen LogP contribution in [0, 0.1) is 11.6 Å². The van der Waals surface area contributed by atoms with E-state index in [0.29, 0.717) is 11.6 Å². The topological polar surface area (TPSA) is 41.0 Å². The third-order valence-corrected chi connectivity index (χ3v) is 2.52. The summed E-state index contributed by atoms with van der Waals surface area (Å²) in [7, 11) is 3.38. The second kappa shape index (κ2) is 4.95. The molecule has 0 saturated carbocycles. The third kappa shape index (κ3) is 2.37. The molecule has 0 saturated heterocycles. The van der Waals surface area contributed by atoms with Crippen molar-refractivity contribution in [3.05, 3.63) is 42.2 Å². The minimum absolute atomic E-state index is 0.247. The number of rotatable bonds is 3. The molecule has 0 aliphatic carbocycles. The van der Waals surface area contributed by atoms with Crippen LogP contribution in [0.4, 0.5) is 26.1 Å². The molecule has 0 fully saturated rings. The van der Waals surface area contributed by atoms with E-state index >= 15 is 0 Å². The summed E-state index contributed by atoms with van der Waals surface area (Å²) < 4.78 is 26.5. The minimum Gasteiger partial charge on any atom is -0.373 e. The normalized spacial score (nSPS) is 10.2. The molecule has 18 heavy (non-hydrogen) atoms. The zero-order chi connectivity index (χ0) is 13.1. The first-order valence-corrected chi connectivity index (χ1v) is 5.30. The van der Waals surface area contributed by atoms with Gasteiger partial charge >= 0.3 is 0 Å². The van der Waals surface area contributed by atoms with Gasteiger partial charge in [0.1, 0.15) is 29.6 Å². The highest BCUT2D eigenvalue weighted by molar-refractivity contribution is 5.61. The van der Waals surface area contributed by atoms with Crippen molar-refractivity contribution in [2.24, 2.45) is 0 Å². The first-order valence-electron chi connectivity index (χ1n) is 5.30. The summed E-state index contributed by atoms with van der Waals surface area (Å²) in [4.78, 5) is 9.53. The Hall–Kier alpha value is -2.24. The van der Waals surface area contributed by atoms with Crippen molar-refractivity contribution in [2.75, 3.05) is 24.3 Å². The molecule has 0 bridgehead atoms. The Morgan fingerprint density at radius 1 is 1.17 bits per heavy atom. The molecule has 0 radical (unpaired) electrons. The molecule has 0 aliphatic heterocycles. The van der Waals surface area contributed by atoms with Crippen LogP contribution in [0.15, 0.2) is 30.6 Å². The highest BCUT2D eigenvalue weighted by atomic mass is 19.1. The Morgan fingerprint density at radius 3 is 2.61 bits per heavy atom. The van der Waals surface area contributed by atoms with Crippen LogP contribution in [0.5, 0.6) is 0 Å². The number of hydrogen-bond donors (Lipinski definition) is 1. The maximum atomic E-state index is 13.6. The molecule has 4 nitrogen and oxygen atoms in total. The van der Waals surface area contributed by atoms with Crippen LogP contribution in [0.3, 0.4) is 0 Å². The van der Waals surface area contributed by atoms with Gasteiger partial charge in [0.15, 0.2) is 0 Å². The van der Waals surface area contributed by atoms with E-state index in [2.05, 4.69) is 15.3 Å². The summed E-state index contributed by atoms with van der Waals surface area (Å²) in [6.07, 6.45) is 1.37. The van der Waals surface area contributed by atoms with Gasteiger partial charge in [-0.15, -0.1) is 0 Å². The van der Waals surface area contributed by atoms with Crippen molar-refractivity contribution in [3.63, 3.8) is 0 Å². The molecular formula is C12H12F2N4. The van der Waals surface area contributed by atoms with E-state index in [1.165, 1.54) is 23.4 Å². The maximum Gasteiger partial charge on any atom is 0.149 e. The van der Waals surface area contributed by atoms with Crippen LogP contribution in [-0.4, -0.2) is 24.1 Å². The summed E-state index contributed by atoms with van der Waals surface area (Å²) in [5.74, 6) is -0.111. The summed E-state index contributed by atoms with van der Waals surface area (Å²) in [6, 6.07) is 5.08. The first kappa shape index (κ1) is 12.2. The number of anilines is 3. The maximum absolute atomic E-state index is 13.6. The minimum atomic E-state index is -0.637. The van der Waals surface area contributed by atoms with Crippen molar-refractivity contribution in [2.45, 2.75) is 0 Å². The lowest BCUT2D eigenvalue weighted by Crippen LogP contribution is -2.13. The monoisotopic (exact) mass is 250 g/mol. The molecule has 0 unspecified atom stereocenters.